The zero-order chi connectivity index (χ0) is 22.4. The fourth-order valence-electron chi connectivity index (χ4n) is 2.98. The van der Waals surface area contributed by atoms with Gasteiger partial charge >= 0.3 is 5.97 Å². The van der Waals surface area contributed by atoms with Crippen molar-refractivity contribution >= 4 is 40.8 Å². The number of methoxy groups -OCH3 is 1. The van der Waals surface area contributed by atoms with Crippen molar-refractivity contribution in [2.45, 2.75) is 13.5 Å². The number of rotatable bonds is 7. The summed E-state index contributed by atoms with van der Waals surface area (Å²) in [6, 6.07) is 18.7. The molecule has 0 saturated carbocycles. The Kier molecular flexibility index (Phi) is 7.55. The number of ether oxygens (including phenoxy) is 2. The second-order valence-electron chi connectivity index (χ2n) is 6.62. The smallest absolute Gasteiger partial charge is 0.338 e. The van der Waals surface area contributed by atoms with Crippen molar-refractivity contribution in [3.63, 3.8) is 0 Å². The van der Waals surface area contributed by atoms with Crippen LogP contribution in [0.4, 0.5) is 5.69 Å². The van der Waals surface area contributed by atoms with E-state index in [0.717, 1.165) is 5.56 Å². The molecule has 3 aromatic rings. The molecule has 3 rings (SSSR count). The SMILES string of the molecule is CCOC(=O)c1ccc(N(Cc2ccc(Cl)cc2Cl)C(=O)c2ccc(OC)cc2)cc1. The fourth-order valence-corrected chi connectivity index (χ4v) is 3.45. The van der Waals surface area contributed by atoms with Gasteiger partial charge in [-0.2, -0.15) is 0 Å². The summed E-state index contributed by atoms with van der Waals surface area (Å²) in [4.78, 5) is 26.9. The number of benzene rings is 3. The second-order valence-corrected chi connectivity index (χ2v) is 7.47. The highest BCUT2D eigenvalue weighted by Gasteiger charge is 2.20. The Labute approximate surface area is 191 Å². The molecule has 0 bridgehead atoms. The van der Waals surface area contributed by atoms with E-state index in [1.54, 1.807) is 85.7 Å². The summed E-state index contributed by atoms with van der Waals surface area (Å²) < 4.78 is 10.2. The number of halogens is 2. The van der Waals surface area contributed by atoms with Gasteiger partial charge in [-0.1, -0.05) is 29.3 Å². The normalized spacial score (nSPS) is 10.5. The van der Waals surface area contributed by atoms with E-state index in [9.17, 15) is 9.59 Å². The van der Waals surface area contributed by atoms with Gasteiger partial charge < -0.3 is 14.4 Å². The third-order valence-corrected chi connectivity index (χ3v) is 5.20. The van der Waals surface area contributed by atoms with Gasteiger partial charge in [0, 0.05) is 21.3 Å². The van der Waals surface area contributed by atoms with Gasteiger partial charge in [0.15, 0.2) is 0 Å². The van der Waals surface area contributed by atoms with Crippen molar-refractivity contribution in [3.8, 4) is 5.75 Å². The third-order valence-electron chi connectivity index (χ3n) is 4.62. The van der Waals surface area contributed by atoms with E-state index in [2.05, 4.69) is 0 Å². The highest BCUT2D eigenvalue weighted by atomic mass is 35.5. The summed E-state index contributed by atoms with van der Waals surface area (Å²) >= 11 is 12.4. The van der Waals surface area contributed by atoms with Gasteiger partial charge in [0.25, 0.3) is 5.91 Å². The molecule has 1 amide bonds. The van der Waals surface area contributed by atoms with E-state index >= 15 is 0 Å². The molecule has 160 valence electrons. The predicted molar refractivity (Wildman–Crippen MR) is 122 cm³/mol. The van der Waals surface area contributed by atoms with Crippen molar-refractivity contribution in [3.05, 3.63) is 93.5 Å². The molecule has 0 aliphatic carbocycles. The maximum atomic E-state index is 13.4. The molecule has 3 aromatic carbocycles. The Bertz CT molecular complexity index is 1070. The minimum atomic E-state index is -0.414. The first kappa shape index (κ1) is 22.7. The van der Waals surface area contributed by atoms with Crippen LogP contribution in [0.5, 0.6) is 5.75 Å². The van der Waals surface area contributed by atoms with Crippen molar-refractivity contribution < 1.29 is 19.1 Å². The Morgan fingerprint density at radius 1 is 0.903 bits per heavy atom. The average molecular weight is 458 g/mol. The maximum Gasteiger partial charge on any atom is 0.338 e. The van der Waals surface area contributed by atoms with Crippen molar-refractivity contribution in [2.75, 3.05) is 18.6 Å². The Morgan fingerprint density at radius 2 is 1.55 bits per heavy atom. The fraction of sp³-hybridized carbons (Fsp3) is 0.167. The predicted octanol–water partition coefficient (Wildman–Crippen LogP) is 6.03. The molecule has 0 aliphatic heterocycles. The van der Waals surface area contributed by atoms with E-state index in [-0.39, 0.29) is 19.1 Å². The van der Waals surface area contributed by atoms with Crippen LogP contribution < -0.4 is 9.64 Å². The molecule has 0 unspecified atom stereocenters. The Balaban J connectivity index is 1.96. The maximum absolute atomic E-state index is 13.4. The van der Waals surface area contributed by atoms with Crippen molar-refractivity contribution in [1.29, 1.82) is 0 Å². The van der Waals surface area contributed by atoms with Crippen LogP contribution in [0.3, 0.4) is 0 Å². The Hall–Kier alpha value is -3.02. The highest BCUT2D eigenvalue weighted by Crippen LogP contribution is 2.27. The molecule has 0 aromatic heterocycles. The monoisotopic (exact) mass is 457 g/mol. The average Bonchev–Trinajstić information content (AvgIpc) is 2.78. The third kappa shape index (κ3) is 5.57. The van der Waals surface area contributed by atoms with E-state index < -0.39 is 5.97 Å². The van der Waals surface area contributed by atoms with Gasteiger partial charge in [0.1, 0.15) is 5.75 Å². The zero-order valence-electron chi connectivity index (χ0n) is 17.1. The number of amides is 1. The highest BCUT2D eigenvalue weighted by molar-refractivity contribution is 6.35. The van der Waals surface area contributed by atoms with Crippen LogP contribution >= 0.6 is 23.2 Å². The van der Waals surface area contributed by atoms with Crippen LogP contribution in [0.2, 0.25) is 10.0 Å². The number of carbonyl (C=O) groups is 2. The lowest BCUT2D eigenvalue weighted by Crippen LogP contribution is -2.30. The standard InChI is InChI=1S/C24H21Cl2NO4/c1-3-31-24(29)17-5-10-20(11-6-17)27(15-18-4-9-19(25)14-22(18)26)23(28)16-7-12-21(30-2)13-8-16/h4-14H,3,15H2,1-2H3. The summed E-state index contributed by atoms with van der Waals surface area (Å²) in [6.45, 7) is 2.26. The summed E-state index contributed by atoms with van der Waals surface area (Å²) in [5.41, 5.74) is 2.25. The largest absolute Gasteiger partial charge is 0.497 e. The van der Waals surface area contributed by atoms with E-state index in [1.807, 2.05) is 0 Å². The molecule has 31 heavy (non-hydrogen) atoms. The zero-order valence-corrected chi connectivity index (χ0v) is 18.6. The summed E-state index contributed by atoms with van der Waals surface area (Å²) in [5.74, 6) is 0.0167. The topological polar surface area (TPSA) is 55.8 Å². The lowest BCUT2D eigenvalue weighted by Gasteiger charge is -2.24. The Morgan fingerprint density at radius 3 is 2.13 bits per heavy atom. The summed E-state index contributed by atoms with van der Waals surface area (Å²) in [6.07, 6.45) is 0. The van der Waals surface area contributed by atoms with E-state index in [1.165, 1.54) is 0 Å². The van der Waals surface area contributed by atoms with Crippen LogP contribution in [-0.2, 0) is 11.3 Å². The first-order valence-electron chi connectivity index (χ1n) is 9.60. The van der Waals surface area contributed by atoms with E-state index in [0.29, 0.717) is 32.6 Å². The van der Waals surface area contributed by atoms with Gasteiger partial charge in [-0.15, -0.1) is 0 Å². The van der Waals surface area contributed by atoms with Crippen molar-refractivity contribution in [2.24, 2.45) is 0 Å². The van der Waals surface area contributed by atoms with Crippen LogP contribution in [0.1, 0.15) is 33.2 Å². The van der Waals surface area contributed by atoms with Crippen LogP contribution in [-0.4, -0.2) is 25.6 Å². The minimum Gasteiger partial charge on any atom is -0.497 e. The first-order chi connectivity index (χ1) is 14.9. The number of nitrogens with zero attached hydrogens (tertiary/aromatic N) is 1. The molecule has 0 N–H and O–H groups in total. The van der Waals surface area contributed by atoms with Gasteiger partial charge in [-0.3, -0.25) is 4.79 Å². The molecule has 5 nitrogen and oxygen atoms in total. The van der Waals surface area contributed by atoms with Crippen LogP contribution in [0.25, 0.3) is 0 Å². The minimum absolute atomic E-state index is 0.222. The number of carbonyl (C=O) groups excluding carboxylic acids is 2. The molecule has 7 heteroatoms. The van der Waals surface area contributed by atoms with Crippen LogP contribution in [0.15, 0.2) is 66.7 Å². The summed E-state index contributed by atoms with van der Waals surface area (Å²) in [5, 5.41) is 0.976. The molecular formula is C24H21Cl2NO4. The van der Waals surface area contributed by atoms with Crippen molar-refractivity contribution in [1.82, 2.24) is 0 Å². The molecule has 0 heterocycles. The van der Waals surface area contributed by atoms with Crippen LogP contribution in [0, 0.1) is 0 Å². The molecule has 0 spiro atoms. The molecule has 0 saturated heterocycles. The lowest BCUT2D eigenvalue weighted by molar-refractivity contribution is 0.0526. The van der Waals surface area contributed by atoms with Gasteiger partial charge in [0.2, 0.25) is 0 Å². The van der Waals surface area contributed by atoms with Gasteiger partial charge in [-0.25, -0.2) is 4.79 Å². The summed E-state index contributed by atoms with van der Waals surface area (Å²) in [7, 11) is 1.57. The molecule has 0 aliphatic rings. The number of hydrogen-bond acceptors (Lipinski definition) is 4. The molecule has 0 fully saturated rings. The quantitative estimate of drug-likeness (QED) is 0.406. The molecule has 0 atom stereocenters. The molecule has 0 radical (unpaired) electrons. The number of anilines is 1. The number of hydrogen-bond donors (Lipinski definition) is 0. The first-order valence-corrected chi connectivity index (χ1v) is 10.4. The van der Waals surface area contributed by atoms with E-state index in [4.69, 9.17) is 32.7 Å². The van der Waals surface area contributed by atoms with Gasteiger partial charge in [-0.05, 0) is 73.2 Å². The lowest BCUT2D eigenvalue weighted by atomic mass is 10.1. The van der Waals surface area contributed by atoms with Gasteiger partial charge in [0.05, 0.1) is 25.8 Å². The second kappa shape index (κ2) is 10.3. The number of esters is 1. The molecular weight excluding hydrogens is 437 g/mol.